The third-order valence-electron chi connectivity index (χ3n) is 3.83. The van der Waals surface area contributed by atoms with Crippen LogP contribution in [-0.2, 0) is 11.4 Å². The fourth-order valence-electron chi connectivity index (χ4n) is 2.39. The molecule has 0 aliphatic rings. The molecule has 0 aliphatic carbocycles. The Bertz CT molecular complexity index is 1130. The molecule has 32 heavy (non-hydrogen) atoms. The van der Waals surface area contributed by atoms with Crippen LogP contribution in [-0.4, -0.2) is 35.2 Å². The Morgan fingerprint density at radius 1 is 1.44 bits per heavy atom. The first-order valence-corrected chi connectivity index (χ1v) is 11.8. The molecule has 1 aromatic heterocycles. The number of hydrogen-bond acceptors (Lipinski definition) is 9. The van der Waals surface area contributed by atoms with Crippen molar-refractivity contribution in [3.8, 4) is 11.5 Å². The Kier molecular flexibility index (Phi) is 8.67. The zero-order valence-electron chi connectivity index (χ0n) is 16.5. The maximum absolute atomic E-state index is 14.0. The zero-order chi connectivity index (χ0) is 23.1. The topological polar surface area (TPSA) is 112 Å². The average Bonchev–Trinajstić information content (AvgIpc) is 3.18. The zero-order valence-corrected chi connectivity index (χ0v) is 20.4. The Labute approximate surface area is 204 Å². The number of carbonyl (C=O) groups excluding carboxylic acids is 1. The molecule has 3 rings (SSSR count). The smallest absolute Gasteiger partial charge is 0.250 e. The number of hydrazone groups is 1. The molecule has 0 radical (unpaired) electrons. The van der Waals surface area contributed by atoms with Crippen LogP contribution in [0.5, 0.6) is 11.5 Å². The predicted molar refractivity (Wildman–Crippen MR) is 127 cm³/mol. The maximum Gasteiger partial charge on any atom is 0.250 e. The Morgan fingerprint density at radius 3 is 2.94 bits per heavy atom. The molecule has 8 nitrogen and oxygen atoms in total. The standard InChI is InChI=1S/C19H16BrClFN5O3S2/c1-29-15-6-10(7-24-25-16(28)9-31-19-27-26-18(23)32-19)5-12(20)17(15)30-8-11-13(21)3-2-4-14(11)22/h2-7H,8-9H2,1H3,(H2,23,26)(H,25,28). The predicted octanol–water partition coefficient (Wildman–Crippen LogP) is 4.51. The number of thioether (sulfide) groups is 1. The number of methoxy groups -OCH3 is 1. The van der Waals surface area contributed by atoms with Crippen molar-refractivity contribution in [2.45, 2.75) is 10.9 Å². The summed E-state index contributed by atoms with van der Waals surface area (Å²) in [5, 5.41) is 12.1. The molecule has 0 atom stereocenters. The monoisotopic (exact) mass is 559 g/mol. The highest BCUT2D eigenvalue weighted by Crippen LogP contribution is 2.37. The second-order valence-electron chi connectivity index (χ2n) is 6.01. The summed E-state index contributed by atoms with van der Waals surface area (Å²) in [4.78, 5) is 11.9. The van der Waals surface area contributed by atoms with E-state index in [-0.39, 0.29) is 28.9 Å². The van der Waals surface area contributed by atoms with Crippen LogP contribution >= 0.6 is 50.6 Å². The van der Waals surface area contributed by atoms with E-state index < -0.39 is 5.82 Å². The number of amides is 1. The van der Waals surface area contributed by atoms with Crippen LogP contribution in [0.25, 0.3) is 0 Å². The van der Waals surface area contributed by atoms with Crippen LogP contribution in [0.2, 0.25) is 5.02 Å². The van der Waals surface area contributed by atoms with Crippen LogP contribution in [0.15, 0.2) is 44.2 Å². The van der Waals surface area contributed by atoms with Gasteiger partial charge in [-0.25, -0.2) is 9.82 Å². The lowest BCUT2D eigenvalue weighted by Crippen LogP contribution is -2.19. The molecule has 0 spiro atoms. The molecule has 3 aromatic rings. The molecule has 2 aromatic carbocycles. The summed E-state index contributed by atoms with van der Waals surface area (Å²) in [6, 6.07) is 7.81. The molecule has 13 heteroatoms. The number of carbonyl (C=O) groups is 1. The molecule has 3 N–H and O–H groups in total. The van der Waals surface area contributed by atoms with Gasteiger partial charge < -0.3 is 15.2 Å². The second kappa shape index (κ2) is 11.5. The van der Waals surface area contributed by atoms with Crippen molar-refractivity contribution in [2.75, 3.05) is 18.6 Å². The van der Waals surface area contributed by atoms with Crippen molar-refractivity contribution >= 4 is 67.9 Å². The number of aromatic nitrogens is 2. The van der Waals surface area contributed by atoms with E-state index in [4.69, 9.17) is 26.8 Å². The molecule has 1 amide bonds. The Balaban J connectivity index is 1.61. The third kappa shape index (κ3) is 6.55. The van der Waals surface area contributed by atoms with E-state index in [1.165, 1.54) is 48.6 Å². The highest BCUT2D eigenvalue weighted by Gasteiger charge is 2.14. The molecule has 0 bridgehead atoms. The van der Waals surface area contributed by atoms with Gasteiger partial charge in [0.25, 0.3) is 5.91 Å². The lowest BCUT2D eigenvalue weighted by molar-refractivity contribution is -0.118. The number of rotatable bonds is 9. The van der Waals surface area contributed by atoms with E-state index in [1.807, 2.05) is 0 Å². The first-order valence-electron chi connectivity index (χ1n) is 8.84. The van der Waals surface area contributed by atoms with Gasteiger partial charge in [0, 0.05) is 5.56 Å². The number of nitrogen functional groups attached to an aromatic ring is 1. The molecular weight excluding hydrogens is 545 g/mol. The quantitative estimate of drug-likeness (QED) is 0.225. The van der Waals surface area contributed by atoms with Crippen LogP contribution in [0.1, 0.15) is 11.1 Å². The third-order valence-corrected chi connectivity index (χ3v) is 6.65. The van der Waals surface area contributed by atoms with Crippen LogP contribution in [0.3, 0.4) is 0 Å². The average molecular weight is 561 g/mol. The lowest BCUT2D eigenvalue weighted by Gasteiger charge is -2.14. The molecule has 0 fully saturated rings. The molecule has 0 saturated carbocycles. The van der Waals surface area contributed by atoms with Crippen LogP contribution < -0.4 is 20.6 Å². The largest absolute Gasteiger partial charge is 0.493 e. The summed E-state index contributed by atoms with van der Waals surface area (Å²) in [5.74, 6) is 0.113. The van der Waals surface area contributed by atoms with Crippen LogP contribution in [0.4, 0.5) is 9.52 Å². The van der Waals surface area contributed by atoms with Gasteiger partial charge >= 0.3 is 0 Å². The van der Waals surface area contributed by atoms with Crippen molar-refractivity contribution in [3.05, 3.63) is 56.8 Å². The number of benzene rings is 2. The van der Waals surface area contributed by atoms with E-state index in [2.05, 4.69) is 36.7 Å². The number of ether oxygens (including phenoxy) is 2. The van der Waals surface area contributed by atoms with Gasteiger partial charge in [-0.3, -0.25) is 4.79 Å². The van der Waals surface area contributed by atoms with Crippen LogP contribution in [0, 0.1) is 5.82 Å². The maximum atomic E-state index is 14.0. The van der Waals surface area contributed by atoms with Crippen molar-refractivity contribution in [1.82, 2.24) is 15.6 Å². The number of anilines is 1. The van der Waals surface area contributed by atoms with Crippen molar-refractivity contribution in [1.29, 1.82) is 0 Å². The first kappa shape index (κ1) is 24.2. The summed E-state index contributed by atoms with van der Waals surface area (Å²) < 4.78 is 26.3. The van der Waals surface area contributed by atoms with E-state index >= 15 is 0 Å². The number of hydrogen-bond donors (Lipinski definition) is 2. The minimum atomic E-state index is -0.458. The first-order chi connectivity index (χ1) is 15.4. The number of nitrogens with two attached hydrogens (primary N) is 1. The number of nitrogens with zero attached hydrogens (tertiary/aromatic N) is 3. The Morgan fingerprint density at radius 2 is 2.25 bits per heavy atom. The van der Waals surface area contributed by atoms with Crippen molar-refractivity contribution in [3.63, 3.8) is 0 Å². The van der Waals surface area contributed by atoms with Gasteiger partial charge in [0.2, 0.25) is 5.13 Å². The van der Waals surface area contributed by atoms with Gasteiger partial charge in [-0.15, -0.1) is 10.2 Å². The Hall–Kier alpha value is -2.41. The summed E-state index contributed by atoms with van der Waals surface area (Å²) >= 11 is 11.9. The minimum Gasteiger partial charge on any atom is -0.493 e. The van der Waals surface area contributed by atoms with E-state index in [1.54, 1.807) is 18.2 Å². The van der Waals surface area contributed by atoms with Gasteiger partial charge in [0.05, 0.1) is 28.6 Å². The summed E-state index contributed by atoms with van der Waals surface area (Å²) in [6.45, 7) is -0.0815. The SMILES string of the molecule is COc1cc(C=NNC(=O)CSc2nnc(N)s2)cc(Br)c1OCc1c(F)cccc1Cl. The van der Waals surface area contributed by atoms with Gasteiger partial charge in [-0.2, -0.15) is 5.10 Å². The molecule has 0 unspecified atom stereocenters. The highest BCUT2D eigenvalue weighted by molar-refractivity contribution is 9.10. The van der Waals surface area contributed by atoms with Gasteiger partial charge in [0.1, 0.15) is 12.4 Å². The molecule has 168 valence electrons. The van der Waals surface area contributed by atoms with Crippen molar-refractivity contribution in [2.24, 2.45) is 5.10 Å². The second-order valence-corrected chi connectivity index (χ2v) is 9.50. The summed E-state index contributed by atoms with van der Waals surface area (Å²) in [6.07, 6.45) is 1.45. The molecular formula is C19H16BrClFN5O3S2. The van der Waals surface area contributed by atoms with Crippen molar-refractivity contribution < 1.29 is 18.7 Å². The summed E-state index contributed by atoms with van der Waals surface area (Å²) in [7, 11) is 1.48. The number of nitrogens with one attached hydrogen (secondary N) is 1. The summed E-state index contributed by atoms with van der Waals surface area (Å²) in [5.41, 5.74) is 8.81. The normalized spacial score (nSPS) is 11.0. The minimum absolute atomic E-state index is 0.0815. The number of halogens is 3. The van der Waals surface area contributed by atoms with Gasteiger partial charge in [0.15, 0.2) is 15.8 Å². The van der Waals surface area contributed by atoms with E-state index in [0.29, 0.717) is 31.0 Å². The fraction of sp³-hybridized carbons (Fsp3) is 0.158. The molecule has 0 saturated heterocycles. The lowest BCUT2D eigenvalue weighted by atomic mass is 10.2. The fourth-order valence-corrected chi connectivity index (χ4v) is 4.61. The van der Waals surface area contributed by atoms with E-state index in [0.717, 1.165) is 0 Å². The molecule has 0 aliphatic heterocycles. The molecule has 1 heterocycles. The van der Waals surface area contributed by atoms with Gasteiger partial charge in [-0.1, -0.05) is 40.8 Å². The van der Waals surface area contributed by atoms with Gasteiger partial charge in [-0.05, 0) is 45.8 Å². The van der Waals surface area contributed by atoms with E-state index in [9.17, 15) is 9.18 Å². The highest BCUT2D eigenvalue weighted by atomic mass is 79.9.